The number of ether oxygens (including phenoxy) is 1. The maximum Gasteiger partial charge on any atom is 0.255 e. The minimum absolute atomic E-state index is 0.107. The number of nitrogens with zero attached hydrogens (tertiary/aromatic N) is 2. The smallest absolute Gasteiger partial charge is 0.255 e. The van der Waals surface area contributed by atoms with E-state index in [-0.39, 0.29) is 11.8 Å². The number of carbonyl (C=O) groups excluding carboxylic acids is 2. The van der Waals surface area contributed by atoms with Crippen molar-refractivity contribution in [2.45, 2.75) is 0 Å². The highest BCUT2D eigenvalue weighted by atomic mass is 35.5. The summed E-state index contributed by atoms with van der Waals surface area (Å²) in [5.74, 6) is 0.495. The monoisotopic (exact) mass is 435 g/mol. The fraction of sp³-hybridized carbons (Fsp3) is 0.333. The van der Waals surface area contributed by atoms with Gasteiger partial charge in [0, 0.05) is 49.9 Å². The van der Waals surface area contributed by atoms with Gasteiger partial charge in [0.1, 0.15) is 5.75 Å². The second-order valence-corrected chi connectivity index (χ2v) is 7.59. The molecule has 2 aromatic carbocycles. The quantitative estimate of drug-likeness (QED) is 0.756. The first-order valence-electron chi connectivity index (χ1n) is 9.37. The van der Waals surface area contributed by atoms with E-state index in [4.69, 9.17) is 27.9 Å². The number of carbonyl (C=O) groups is 2. The summed E-state index contributed by atoms with van der Waals surface area (Å²) in [6, 6.07) is 11.9. The van der Waals surface area contributed by atoms with Crippen molar-refractivity contribution in [1.82, 2.24) is 15.1 Å². The SMILES string of the molecule is COc1ccc(C(=O)NCCN2CCN(C(=O)c3cc(Cl)ccc3Cl)CC2)cc1. The van der Waals surface area contributed by atoms with Crippen LogP contribution >= 0.6 is 23.2 Å². The minimum Gasteiger partial charge on any atom is -0.497 e. The summed E-state index contributed by atoms with van der Waals surface area (Å²) in [5, 5.41) is 3.82. The third-order valence-corrected chi connectivity index (χ3v) is 5.45. The third-order valence-electron chi connectivity index (χ3n) is 4.88. The second-order valence-electron chi connectivity index (χ2n) is 6.74. The summed E-state index contributed by atoms with van der Waals surface area (Å²) in [6.45, 7) is 3.95. The van der Waals surface area contributed by atoms with Gasteiger partial charge in [0.25, 0.3) is 11.8 Å². The number of hydrogen-bond acceptors (Lipinski definition) is 4. The summed E-state index contributed by atoms with van der Waals surface area (Å²) < 4.78 is 5.10. The first-order valence-corrected chi connectivity index (χ1v) is 10.1. The summed E-state index contributed by atoms with van der Waals surface area (Å²) >= 11 is 12.1. The molecule has 1 fully saturated rings. The van der Waals surface area contributed by atoms with Crippen molar-refractivity contribution >= 4 is 35.0 Å². The first kappa shape index (κ1) is 21.4. The fourth-order valence-electron chi connectivity index (χ4n) is 3.18. The average molecular weight is 436 g/mol. The highest BCUT2D eigenvalue weighted by Gasteiger charge is 2.23. The lowest BCUT2D eigenvalue weighted by atomic mass is 10.1. The number of nitrogens with one attached hydrogen (secondary N) is 1. The van der Waals surface area contributed by atoms with Gasteiger partial charge in [-0.2, -0.15) is 0 Å². The molecule has 2 aromatic rings. The fourth-order valence-corrected chi connectivity index (χ4v) is 3.55. The molecule has 0 aliphatic carbocycles. The molecule has 0 spiro atoms. The highest BCUT2D eigenvalue weighted by molar-refractivity contribution is 6.35. The topological polar surface area (TPSA) is 61.9 Å². The molecule has 0 unspecified atom stereocenters. The van der Waals surface area contributed by atoms with E-state index in [2.05, 4.69) is 10.2 Å². The lowest BCUT2D eigenvalue weighted by Gasteiger charge is -2.35. The van der Waals surface area contributed by atoms with Crippen LogP contribution in [0.5, 0.6) is 5.75 Å². The molecule has 29 heavy (non-hydrogen) atoms. The van der Waals surface area contributed by atoms with Gasteiger partial charge in [0.15, 0.2) is 0 Å². The Hall–Kier alpha value is -2.28. The van der Waals surface area contributed by atoms with Gasteiger partial charge in [-0.15, -0.1) is 0 Å². The maximum atomic E-state index is 12.7. The van der Waals surface area contributed by atoms with E-state index >= 15 is 0 Å². The number of amides is 2. The van der Waals surface area contributed by atoms with Crippen LogP contribution in [0.25, 0.3) is 0 Å². The number of rotatable bonds is 6. The largest absolute Gasteiger partial charge is 0.497 e. The Morgan fingerprint density at radius 2 is 1.72 bits per heavy atom. The lowest BCUT2D eigenvalue weighted by Crippen LogP contribution is -2.50. The molecule has 1 aliphatic heterocycles. The van der Waals surface area contributed by atoms with Crippen LogP contribution in [0.15, 0.2) is 42.5 Å². The zero-order chi connectivity index (χ0) is 20.8. The number of halogens is 2. The van der Waals surface area contributed by atoms with E-state index in [0.717, 1.165) is 19.6 Å². The molecule has 1 saturated heterocycles. The van der Waals surface area contributed by atoms with E-state index in [1.165, 1.54) is 0 Å². The first-order chi connectivity index (χ1) is 14.0. The molecule has 154 valence electrons. The molecule has 0 bridgehead atoms. The lowest BCUT2D eigenvalue weighted by molar-refractivity contribution is 0.0638. The Bertz CT molecular complexity index is 866. The van der Waals surface area contributed by atoms with Gasteiger partial charge in [-0.1, -0.05) is 23.2 Å². The summed E-state index contributed by atoms with van der Waals surface area (Å²) in [4.78, 5) is 28.9. The maximum absolute atomic E-state index is 12.7. The Labute approximate surface area is 180 Å². The van der Waals surface area contributed by atoms with Crippen LogP contribution < -0.4 is 10.1 Å². The molecule has 0 radical (unpaired) electrons. The number of piperazine rings is 1. The molecular weight excluding hydrogens is 413 g/mol. The average Bonchev–Trinajstić information content (AvgIpc) is 2.75. The van der Waals surface area contributed by atoms with Crippen LogP contribution in [0, 0.1) is 0 Å². The molecule has 0 aromatic heterocycles. The minimum atomic E-state index is -0.114. The van der Waals surface area contributed by atoms with E-state index in [0.29, 0.717) is 46.6 Å². The molecule has 0 saturated carbocycles. The predicted molar refractivity (Wildman–Crippen MR) is 114 cm³/mol. The number of benzene rings is 2. The van der Waals surface area contributed by atoms with Gasteiger partial charge in [0.05, 0.1) is 17.7 Å². The standard InChI is InChI=1S/C21H23Cl2N3O3/c1-29-17-5-2-15(3-6-17)20(27)24-8-9-25-10-12-26(13-11-25)21(28)18-14-16(22)4-7-19(18)23/h2-7,14H,8-13H2,1H3,(H,24,27). The van der Waals surface area contributed by atoms with Crippen molar-refractivity contribution in [3.8, 4) is 5.75 Å². The molecule has 6 nitrogen and oxygen atoms in total. The number of hydrogen-bond donors (Lipinski definition) is 1. The third kappa shape index (κ3) is 5.63. The highest BCUT2D eigenvalue weighted by Crippen LogP contribution is 2.22. The van der Waals surface area contributed by atoms with E-state index in [1.54, 1.807) is 54.5 Å². The normalized spacial score (nSPS) is 14.5. The molecule has 1 aliphatic rings. The van der Waals surface area contributed by atoms with Gasteiger partial charge >= 0.3 is 0 Å². The van der Waals surface area contributed by atoms with Crippen LogP contribution in [0.2, 0.25) is 10.0 Å². The summed E-state index contributed by atoms with van der Waals surface area (Å²) in [7, 11) is 1.59. The van der Waals surface area contributed by atoms with Crippen LogP contribution in [0.1, 0.15) is 20.7 Å². The molecular formula is C21H23Cl2N3O3. The second kappa shape index (κ2) is 9.96. The Morgan fingerprint density at radius 1 is 1.03 bits per heavy atom. The van der Waals surface area contributed by atoms with Crippen molar-refractivity contribution in [2.75, 3.05) is 46.4 Å². The van der Waals surface area contributed by atoms with Crippen molar-refractivity contribution in [2.24, 2.45) is 0 Å². The Morgan fingerprint density at radius 3 is 2.38 bits per heavy atom. The van der Waals surface area contributed by atoms with E-state index < -0.39 is 0 Å². The van der Waals surface area contributed by atoms with Gasteiger partial charge in [0.2, 0.25) is 0 Å². The van der Waals surface area contributed by atoms with Crippen LogP contribution in [-0.2, 0) is 0 Å². The molecule has 1 N–H and O–H groups in total. The van der Waals surface area contributed by atoms with Crippen molar-refractivity contribution < 1.29 is 14.3 Å². The van der Waals surface area contributed by atoms with Crippen LogP contribution in [0.4, 0.5) is 0 Å². The Balaban J connectivity index is 1.43. The van der Waals surface area contributed by atoms with E-state index in [1.807, 2.05) is 0 Å². The zero-order valence-electron chi connectivity index (χ0n) is 16.2. The van der Waals surface area contributed by atoms with Gasteiger partial charge in [-0.25, -0.2) is 0 Å². The van der Waals surface area contributed by atoms with Gasteiger partial charge in [-0.3, -0.25) is 14.5 Å². The van der Waals surface area contributed by atoms with Crippen molar-refractivity contribution in [3.05, 3.63) is 63.6 Å². The molecule has 8 heteroatoms. The molecule has 2 amide bonds. The summed E-state index contributed by atoms with van der Waals surface area (Å²) in [6.07, 6.45) is 0. The van der Waals surface area contributed by atoms with Crippen LogP contribution in [-0.4, -0.2) is 68.0 Å². The summed E-state index contributed by atoms with van der Waals surface area (Å²) in [5.41, 5.74) is 1.03. The van der Waals surface area contributed by atoms with Crippen molar-refractivity contribution in [3.63, 3.8) is 0 Å². The Kier molecular flexibility index (Phi) is 7.36. The van der Waals surface area contributed by atoms with Crippen molar-refractivity contribution in [1.29, 1.82) is 0 Å². The van der Waals surface area contributed by atoms with Gasteiger partial charge < -0.3 is 15.0 Å². The van der Waals surface area contributed by atoms with Crippen LogP contribution in [0.3, 0.4) is 0 Å². The molecule has 3 rings (SSSR count). The zero-order valence-corrected chi connectivity index (χ0v) is 17.7. The van der Waals surface area contributed by atoms with E-state index in [9.17, 15) is 9.59 Å². The molecule has 0 atom stereocenters. The molecule has 1 heterocycles. The van der Waals surface area contributed by atoms with Gasteiger partial charge in [-0.05, 0) is 42.5 Å². The number of methoxy groups -OCH3 is 1. The predicted octanol–water partition coefficient (Wildman–Crippen LogP) is 3.19.